The van der Waals surface area contributed by atoms with Crippen LogP contribution < -0.4 is 0 Å². The van der Waals surface area contributed by atoms with Crippen molar-refractivity contribution in [3.05, 3.63) is 77.4 Å². The molecule has 2 aromatic carbocycles. The number of allylic oxidation sites excluding steroid dienone is 1. The quantitative estimate of drug-likeness (QED) is 0.651. The summed E-state index contributed by atoms with van der Waals surface area (Å²) in [6.45, 7) is 4.07. The van der Waals surface area contributed by atoms with E-state index in [1.54, 1.807) is 0 Å². The SMILES string of the molecule is CC(C)(Cl)c1ccccc1CC=Cc1ccccc1. The summed E-state index contributed by atoms with van der Waals surface area (Å²) >= 11 is 6.44. The summed E-state index contributed by atoms with van der Waals surface area (Å²) in [5.74, 6) is 0. The van der Waals surface area contributed by atoms with E-state index >= 15 is 0 Å². The summed E-state index contributed by atoms with van der Waals surface area (Å²) in [5.41, 5.74) is 3.72. The van der Waals surface area contributed by atoms with Gasteiger partial charge in [0.2, 0.25) is 0 Å². The molecule has 0 aliphatic heterocycles. The van der Waals surface area contributed by atoms with Crippen molar-refractivity contribution in [2.24, 2.45) is 0 Å². The summed E-state index contributed by atoms with van der Waals surface area (Å²) in [4.78, 5) is -0.322. The summed E-state index contributed by atoms with van der Waals surface area (Å²) < 4.78 is 0. The van der Waals surface area contributed by atoms with Gasteiger partial charge >= 0.3 is 0 Å². The molecule has 19 heavy (non-hydrogen) atoms. The van der Waals surface area contributed by atoms with Gasteiger partial charge in [-0.1, -0.05) is 66.7 Å². The lowest BCUT2D eigenvalue weighted by molar-refractivity contribution is 0.755. The second kappa shape index (κ2) is 6.08. The molecular formula is C18H19Cl. The maximum atomic E-state index is 6.44. The van der Waals surface area contributed by atoms with Crippen LogP contribution in [0.15, 0.2) is 60.7 Å². The van der Waals surface area contributed by atoms with Crippen molar-refractivity contribution >= 4 is 17.7 Å². The fourth-order valence-electron chi connectivity index (χ4n) is 2.16. The van der Waals surface area contributed by atoms with Gasteiger partial charge in [-0.15, -0.1) is 11.6 Å². The fourth-order valence-corrected chi connectivity index (χ4v) is 2.35. The molecule has 0 spiro atoms. The lowest BCUT2D eigenvalue weighted by atomic mass is 9.94. The van der Waals surface area contributed by atoms with Crippen LogP contribution in [0, 0.1) is 0 Å². The first-order valence-corrected chi connectivity index (χ1v) is 6.94. The van der Waals surface area contributed by atoms with Gasteiger partial charge in [-0.2, -0.15) is 0 Å². The van der Waals surface area contributed by atoms with Crippen LogP contribution >= 0.6 is 11.6 Å². The van der Waals surface area contributed by atoms with Crippen LogP contribution in [-0.2, 0) is 11.3 Å². The van der Waals surface area contributed by atoms with Crippen molar-refractivity contribution in [2.45, 2.75) is 25.1 Å². The first kappa shape index (κ1) is 13.9. The Labute approximate surface area is 120 Å². The predicted molar refractivity (Wildman–Crippen MR) is 84.5 cm³/mol. The third kappa shape index (κ3) is 3.97. The highest BCUT2D eigenvalue weighted by atomic mass is 35.5. The van der Waals surface area contributed by atoms with Crippen molar-refractivity contribution in [1.29, 1.82) is 0 Å². The monoisotopic (exact) mass is 270 g/mol. The summed E-state index contributed by atoms with van der Waals surface area (Å²) in [5, 5.41) is 0. The van der Waals surface area contributed by atoms with Crippen LogP contribution in [0.3, 0.4) is 0 Å². The van der Waals surface area contributed by atoms with Crippen LogP contribution in [0.25, 0.3) is 6.08 Å². The lowest BCUT2D eigenvalue weighted by Gasteiger charge is -2.19. The molecule has 0 nitrogen and oxygen atoms in total. The second-order valence-corrected chi connectivity index (χ2v) is 6.09. The Morgan fingerprint density at radius 3 is 2.26 bits per heavy atom. The van der Waals surface area contributed by atoms with Crippen molar-refractivity contribution in [2.75, 3.05) is 0 Å². The molecule has 98 valence electrons. The molecule has 0 fully saturated rings. The molecule has 0 aliphatic carbocycles. The zero-order valence-electron chi connectivity index (χ0n) is 11.4. The van der Waals surface area contributed by atoms with E-state index in [2.05, 4.69) is 54.6 Å². The molecule has 0 bridgehead atoms. The lowest BCUT2D eigenvalue weighted by Crippen LogP contribution is -2.10. The first-order valence-electron chi connectivity index (χ1n) is 6.56. The molecule has 0 heterocycles. The van der Waals surface area contributed by atoms with Gasteiger partial charge in [0.15, 0.2) is 0 Å². The van der Waals surface area contributed by atoms with Gasteiger partial charge in [0.1, 0.15) is 0 Å². The Hall–Kier alpha value is -1.53. The average molecular weight is 271 g/mol. The molecule has 0 saturated heterocycles. The van der Waals surface area contributed by atoms with Gasteiger partial charge in [0.25, 0.3) is 0 Å². The standard InChI is InChI=1S/C18H19Cl/c1-18(2,19)17-14-7-6-12-16(17)13-8-11-15-9-4-3-5-10-15/h3-12,14H,13H2,1-2H3. The normalized spacial score (nSPS) is 11.9. The Bertz CT molecular complexity index is 547. The Balaban J connectivity index is 2.14. The van der Waals surface area contributed by atoms with E-state index in [9.17, 15) is 0 Å². The van der Waals surface area contributed by atoms with Crippen LogP contribution in [0.4, 0.5) is 0 Å². The van der Waals surface area contributed by atoms with Gasteiger partial charge in [-0.25, -0.2) is 0 Å². The van der Waals surface area contributed by atoms with E-state index in [0.29, 0.717) is 0 Å². The molecule has 0 unspecified atom stereocenters. The van der Waals surface area contributed by atoms with E-state index in [1.807, 2.05) is 26.0 Å². The maximum Gasteiger partial charge on any atom is 0.0641 e. The van der Waals surface area contributed by atoms with Crippen LogP contribution in [0.5, 0.6) is 0 Å². The number of halogens is 1. The zero-order chi connectivity index (χ0) is 13.7. The minimum absolute atomic E-state index is 0.322. The Morgan fingerprint density at radius 1 is 0.947 bits per heavy atom. The summed E-state index contributed by atoms with van der Waals surface area (Å²) in [6, 6.07) is 18.7. The largest absolute Gasteiger partial charge is 0.115 e. The highest BCUT2D eigenvalue weighted by Crippen LogP contribution is 2.30. The first-order chi connectivity index (χ1) is 9.07. The van der Waals surface area contributed by atoms with Crippen molar-refractivity contribution < 1.29 is 0 Å². The molecule has 0 aromatic heterocycles. The Kier molecular flexibility index (Phi) is 4.44. The molecule has 0 radical (unpaired) electrons. The Morgan fingerprint density at radius 2 is 1.58 bits per heavy atom. The van der Waals surface area contributed by atoms with Gasteiger partial charge in [0.05, 0.1) is 4.87 Å². The highest BCUT2D eigenvalue weighted by Gasteiger charge is 2.18. The molecule has 0 amide bonds. The molecular weight excluding hydrogens is 252 g/mol. The molecule has 0 saturated carbocycles. The van der Waals surface area contributed by atoms with Crippen molar-refractivity contribution in [3.8, 4) is 0 Å². The molecule has 0 atom stereocenters. The molecule has 1 heteroatoms. The smallest absolute Gasteiger partial charge is 0.0641 e. The zero-order valence-corrected chi connectivity index (χ0v) is 12.2. The molecule has 0 aliphatic rings. The maximum absolute atomic E-state index is 6.44. The summed E-state index contributed by atoms with van der Waals surface area (Å²) in [7, 11) is 0. The van der Waals surface area contributed by atoms with Crippen LogP contribution in [-0.4, -0.2) is 0 Å². The van der Waals surface area contributed by atoms with Crippen LogP contribution in [0.1, 0.15) is 30.5 Å². The average Bonchev–Trinajstić information content (AvgIpc) is 2.39. The minimum Gasteiger partial charge on any atom is -0.115 e. The van der Waals surface area contributed by atoms with Gasteiger partial charge < -0.3 is 0 Å². The molecule has 2 rings (SSSR count). The number of benzene rings is 2. The van der Waals surface area contributed by atoms with E-state index in [-0.39, 0.29) is 4.87 Å². The second-order valence-electron chi connectivity index (χ2n) is 5.15. The van der Waals surface area contributed by atoms with E-state index in [0.717, 1.165) is 6.42 Å². The van der Waals surface area contributed by atoms with E-state index in [4.69, 9.17) is 11.6 Å². The number of rotatable bonds is 4. The van der Waals surface area contributed by atoms with Crippen LogP contribution in [0.2, 0.25) is 0 Å². The van der Waals surface area contributed by atoms with Crippen molar-refractivity contribution in [1.82, 2.24) is 0 Å². The van der Waals surface area contributed by atoms with E-state index in [1.165, 1.54) is 16.7 Å². The molecule has 0 N–H and O–H groups in total. The van der Waals surface area contributed by atoms with Gasteiger partial charge in [-0.05, 0) is 37.0 Å². The highest BCUT2D eigenvalue weighted by molar-refractivity contribution is 6.23. The third-order valence-corrected chi connectivity index (χ3v) is 3.31. The number of hydrogen-bond donors (Lipinski definition) is 0. The minimum atomic E-state index is -0.322. The predicted octanol–water partition coefficient (Wildman–Crippen LogP) is 5.42. The summed E-state index contributed by atoms with van der Waals surface area (Å²) in [6.07, 6.45) is 5.25. The number of hydrogen-bond acceptors (Lipinski definition) is 0. The fraction of sp³-hybridized carbons (Fsp3) is 0.222. The molecule has 2 aromatic rings. The number of alkyl halides is 1. The van der Waals surface area contributed by atoms with E-state index < -0.39 is 0 Å². The van der Waals surface area contributed by atoms with Gasteiger partial charge in [0, 0.05) is 0 Å². The van der Waals surface area contributed by atoms with Crippen molar-refractivity contribution in [3.63, 3.8) is 0 Å². The van der Waals surface area contributed by atoms with Gasteiger partial charge in [-0.3, -0.25) is 0 Å². The third-order valence-electron chi connectivity index (χ3n) is 3.11. The topological polar surface area (TPSA) is 0 Å².